The van der Waals surface area contributed by atoms with Crippen molar-refractivity contribution >= 4 is 0 Å². The molecule has 1 atom stereocenters. The molecule has 54 valence electrons. The van der Waals surface area contributed by atoms with Crippen LogP contribution >= 0.6 is 0 Å². The Balaban J connectivity index is 3.38. The summed E-state index contributed by atoms with van der Waals surface area (Å²) in [4.78, 5) is 0. The standard InChI is InChI=1S/C8H15F/c1-4-5-6-8(9)7(2)3/h4-5,7-8H,6H2,1-3H3/b5-4-. The maximum Gasteiger partial charge on any atom is 0.106 e. The van der Waals surface area contributed by atoms with Gasteiger partial charge in [-0.3, -0.25) is 0 Å². The first-order valence-corrected chi connectivity index (χ1v) is 3.43. The SMILES string of the molecule is C/C=C\CC(F)C(C)C. The largest absolute Gasteiger partial charge is 0.247 e. The van der Waals surface area contributed by atoms with Gasteiger partial charge < -0.3 is 0 Å². The molecule has 0 bridgehead atoms. The second kappa shape index (κ2) is 4.54. The van der Waals surface area contributed by atoms with E-state index in [4.69, 9.17) is 0 Å². The molecule has 0 aromatic rings. The second-order valence-electron chi connectivity index (χ2n) is 2.56. The van der Waals surface area contributed by atoms with Crippen LogP contribution in [0.3, 0.4) is 0 Å². The smallest absolute Gasteiger partial charge is 0.106 e. The molecule has 0 aliphatic heterocycles. The number of halogens is 1. The third-order valence-corrected chi connectivity index (χ3v) is 1.32. The van der Waals surface area contributed by atoms with Crippen LogP contribution in [0.25, 0.3) is 0 Å². The molecule has 0 saturated carbocycles. The van der Waals surface area contributed by atoms with E-state index in [9.17, 15) is 4.39 Å². The Labute approximate surface area is 56.8 Å². The van der Waals surface area contributed by atoms with Gasteiger partial charge in [0, 0.05) is 0 Å². The van der Waals surface area contributed by atoms with E-state index in [-0.39, 0.29) is 5.92 Å². The summed E-state index contributed by atoms with van der Waals surface area (Å²) < 4.78 is 12.7. The molecule has 0 heterocycles. The van der Waals surface area contributed by atoms with E-state index in [2.05, 4.69) is 0 Å². The summed E-state index contributed by atoms with van der Waals surface area (Å²) in [6.45, 7) is 5.70. The van der Waals surface area contributed by atoms with Crippen LogP contribution in [0.5, 0.6) is 0 Å². The lowest BCUT2D eigenvalue weighted by atomic mass is 10.1. The molecule has 0 N–H and O–H groups in total. The number of hydrogen-bond acceptors (Lipinski definition) is 0. The molecule has 0 radical (unpaired) electrons. The van der Waals surface area contributed by atoms with E-state index in [0.717, 1.165) is 0 Å². The highest BCUT2D eigenvalue weighted by atomic mass is 19.1. The van der Waals surface area contributed by atoms with E-state index >= 15 is 0 Å². The zero-order chi connectivity index (χ0) is 7.28. The lowest BCUT2D eigenvalue weighted by Gasteiger charge is -2.07. The molecule has 0 aliphatic carbocycles. The highest BCUT2D eigenvalue weighted by molar-refractivity contribution is 4.81. The van der Waals surface area contributed by atoms with E-state index < -0.39 is 6.17 Å². The molecular weight excluding hydrogens is 115 g/mol. The van der Waals surface area contributed by atoms with Gasteiger partial charge in [-0.15, -0.1) is 0 Å². The second-order valence-corrected chi connectivity index (χ2v) is 2.56. The molecule has 0 amide bonds. The first kappa shape index (κ1) is 8.67. The highest BCUT2D eigenvalue weighted by Crippen LogP contribution is 2.10. The number of alkyl halides is 1. The van der Waals surface area contributed by atoms with Crippen molar-refractivity contribution in [1.82, 2.24) is 0 Å². The van der Waals surface area contributed by atoms with Gasteiger partial charge >= 0.3 is 0 Å². The van der Waals surface area contributed by atoms with Gasteiger partial charge in [0.15, 0.2) is 0 Å². The summed E-state index contributed by atoms with van der Waals surface area (Å²) in [6.07, 6.45) is 3.65. The molecular formula is C8H15F. The monoisotopic (exact) mass is 130 g/mol. The van der Waals surface area contributed by atoms with Crippen LogP contribution in [0, 0.1) is 5.92 Å². The van der Waals surface area contributed by atoms with Crippen LogP contribution in [0.4, 0.5) is 4.39 Å². The molecule has 0 saturated heterocycles. The summed E-state index contributed by atoms with van der Waals surface area (Å²) >= 11 is 0. The summed E-state index contributed by atoms with van der Waals surface area (Å²) in [5.41, 5.74) is 0. The molecule has 1 heteroatoms. The fraction of sp³-hybridized carbons (Fsp3) is 0.750. The normalized spacial score (nSPS) is 15.2. The molecule has 0 aliphatic rings. The zero-order valence-electron chi connectivity index (χ0n) is 6.39. The lowest BCUT2D eigenvalue weighted by molar-refractivity contribution is 0.258. The Hall–Kier alpha value is -0.330. The van der Waals surface area contributed by atoms with Crippen molar-refractivity contribution in [3.05, 3.63) is 12.2 Å². The predicted molar refractivity (Wildman–Crippen MR) is 39.2 cm³/mol. The minimum Gasteiger partial charge on any atom is -0.247 e. The summed E-state index contributed by atoms with van der Waals surface area (Å²) in [5, 5.41) is 0. The van der Waals surface area contributed by atoms with Crippen LogP contribution in [-0.2, 0) is 0 Å². The molecule has 0 fully saturated rings. The molecule has 1 unspecified atom stereocenters. The molecule has 0 nitrogen and oxygen atoms in total. The van der Waals surface area contributed by atoms with E-state index in [1.807, 2.05) is 32.9 Å². The van der Waals surface area contributed by atoms with Crippen molar-refractivity contribution in [3.63, 3.8) is 0 Å². The van der Waals surface area contributed by atoms with E-state index in [1.54, 1.807) is 0 Å². The molecule has 0 aromatic carbocycles. The Kier molecular flexibility index (Phi) is 4.37. The molecule has 0 aromatic heterocycles. The summed E-state index contributed by atoms with van der Waals surface area (Å²) in [7, 11) is 0. The Bertz CT molecular complexity index is 84.6. The Morgan fingerprint density at radius 2 is 2.00 bits per heavy atom. The summed E-state index contributed by atoms with van der Waals surface area (Å²) in [6, 6.07) is 0. The minimum absolute atomic E-state index is 0.154. The van der Waals surface area contributed by atoms with Crippen LogP contribution in [0.2, 0.25) is 0 Å². The van der Waals surface area contributed by atoms with Gasteiger partial charge in [-0.05, 0) is 19.3 Å². The van der Waals surface area contributed by atoms with Crippen LogP contribution < -0.4 is 0 Å². The third kappa shape index (κ3) is 4.19. The third-order valence-electron chi connectivity index (χ3n) is 1.32. The average Bonchev–Trinajstić information content (AvgIpc) is 1.82. The van der Waals surface area contributed by atoms with Crippen molar-refractivity contribution in [2.75, 3.05) is 0 Å². The number of rotatable bonds is 3. The topological polar surface area (TPSA) is 0 Å². The van der Waals surface area contributed by atoms with Crippen molar-refractivity contribution in [1.29, 1.82) is 0 Å². The average molecular weight is 130 g/mol. The predicted octanol–water partition coefficient (Wildman–Crippen LogP) is 2.95. The van der Waals surface area contributed by atoms with Crippen molar-refractivity contribution in [3.8, 4) is 0 Å². The van der Waals surface area contributed by atoms with Gasteiger partial charge in [0.05, 0.1) is 0 Å². The van der Waals surface area contributed by atoms with Gasteiger partial charge in [-0.25, -0.2) is 4.39 Å². The fourth-order valence-electron chi connectivity index (χ4n) is 0.538. The van der Waals surface area contributed by atoms with Gasteiger partial charge in [-0.1, -0.05) is 26.0 Å². The lowest BCUT2D eigenvalue weighted by Crippen LogP contribution is -2.06. The van der Waals surface area contributed by atoms with Crippen molar-refractivity contribution in [2.24, 2.45) is 5.92 Å². The van der Waals surface area contributed by atoms with Crippen molar-refractivity contribution in [2.45, 2.75) is 33.4 Å². The molecule has 9 heavy (non-hydrogen) atoms. The van der Waals surface area contributed by atoms with E-state index in [1.165, 1.54) is 0 Å². The highest BCUT2D eigenvalue weighted by Gasteiger charge is 2.07. The van der Waals surface area contributed by atoms with Gasteiger partial charge in [-0.2, -0.15) is 0 Å². The summed E-state index contributed by atoms with van der Waals surface area (Å²) in [5.74, 6) is 0.154. The minimum atomic E-state index is -0.666. The molecule has 0 rings (SSSR count). The van der Waals surface area contributed by atoms with Gasteiger partial charge in [0.25, 0.3) is 0 Å². The number of hydrogen-bond donors (Lipinski definition) is 0. The molecule has 0 spiro atoms. The van der Waals surface area contributed by atoms with Crippen molar-refractivity contribution < 1.29 is 4.39 Å². The Morgan fingerprint density at radius 3 is 2.33 bits per heavy atom. The van der Waals surface area contributed by atoms with E-state index in [0.29, 0.717) is 6.42 Å². The van der Waals surface area contributed by atoms with Crippen LogP contribution in [0.15, 0.2) is 12.2 Å². The fourth-order valence-corrected chi connectivity index (χ4v) is 0.538. The van der Waals surface area contributed by atoms with Crippen LogP contribution in [0.1, 0.15) is 27.2 Å². The maximum atomic E-state index is 12.7. The first-order chi connectivity index (χ1) is 4.18. The van der Waals surface area contributed by atoms with Crippen LogP contribution in [-0.4, -0.2) is 6.17 Å². The van der Waals surface area contributed by atoms with Gasteiger partial charge in [0.1, 0.15) is 6.17 Å². The maximum absolute atomic E-state index is 12.7. The number of allylic oxidation sites excluding steroid dienone is 2. The quantitative estimate of drug-likeness (QED) is 0.515. The Morgan fingerprint density at radius 1 is 1.44 bits per heavy atom. The first-order valence-electron chi connectivity index (χ1n) is 3.43. The zero-order valence-corrected chi connectivity index (χ0v) is 6.39. The van der Waals surface area contributed by atoms with Gasteiger partial charge in [0.2, 0.25) is 0 Å².